The summed E-state index contributed by atoms with van der Waals surface area (Å²) < 4.78 is 0. The molecule has 0 aromatic heterocycles. The van der Waals surface area contributed by atoms with Crippen LogP contribution >= 0.6 is 0 Å². The number of nitrogens with two attached hydrogens (primary N) is 1. The Morgan fingerprint density at radius 1 is 0.600 bits per heavy atom. The third-order valence-electron chi connectivity index (χ3n) is 4.84. The van der Waals surface area contributed by atoms with Crippen molar-refractivity contribution in [1.29, 1.82) is 0 Å². The van der Waals surface area contributed by atoms with E-state index in [2.05, 4.69) is 63.7 Å². The Balaban J connectivity index is 1.64. The lowest BCUT2D eigenvalue weighted by molar-refractivity contribution is 0.800. The summed E-state index contributed by atoms with van der Waals surface area (Å²) in [5.41, 5.74) is 11.8. The monoisotopic (exact) mass is 392 g/mol. The highest BCUT2D eigenvalue weighted by Gasteiger charge is 2.11. The van der Waals surface area contributed by atoms with Crippen molar-refractivity contribution >= 4 is 22.7 Å². The highest BCUT2D eigenvalue weighted by molar-refractivity contribution is 5.69. The van der Waals surface area contributed by atoms with Gasteiger partial charge in [-0.15, -0.1) is 5.11 Å². The molecule has 0 saturated heterocycles. The summed E-state index contributed by atoms with van der Waals surface area (Å²) in [6.07, 6.45) is 0. The molecule has 0 amide bonds. The second-order valence-corrected chi connectivity index (χ2v) is 7.11. The molecule has 0 aliphatic rings. The summed E-state index contributed by atoms with van der Waals surface area (Å²) in [5.74, 6) is 0. The fourth-order valence-electron chi connectivity index (χ4n) is 3.27. The van der Waals surface area contributed by atoms with Crippen LogP contribution < -0.4 is 10.6 Å². The number of hydrogen-bond donors (Lipinski definition) is 1. The first kappa shape index (κ1) is 19.4. The minimum absolute atomic E-state index is 0.609. The zero-order valence-corrected chi connectivity index (χ0v) is 16.7. The lowest BCUT2D eigenvalue weighted by Crippen LogP contribution is -2.22. The molecule has 0 bridgehead atoms. The van der Waals surface area contributed by atoms with Crippen molar-refractivity contribution in [2.75, 3.05) is 10.6 Å². The number of nitrogens with zero attached hydrogens (tertiary/aromatic N) is 3. The number of rotatable bonds is 7. The molecule has 0 heterocycles. The van der Waals surface area contributed by atoms with Gasteiger partial charge in [-0.3, -0.25) is 0 Å². The second-order valence-electron chi connectivity index (χ2n) is 7.11. The van der Waals surface area contributed by atoms with Crippen molar-refractivity contribution in [1.82, 2.24) is 0 Å². The predicted octanol–water partition coefficient (Wildman–Crippen LogP) is 6.89. The maximum Gasteiger partial charge on any atom is 0.111 e. The minimum atomic E-state index is 0.609. The van der Waals surface area contributed by atoms with Crippen LogP contribution in [0.5, 0.6) is 0 Å². The molecular formula is C26H24N4. The molecule has 4 aromatic carbocycles. The van der Waals surface area contributed by atoms with Crippen LogP contribution in [-0.4, -0.2) is 0 Å². The lowest BCUT2D eigenvalue weighted by Gasteiger charge is -2.26. The average molecular weight is 393 g/mol. The SMILES string of the molecule is Nc1ccc(N(Cc2ccccc2)Cc2ccccc2)cc1N=Nc1ccccc1. The molecule has 4 rings (SSSR count). The summed E-state index contributed by atoms with van der Waals surface area (Å²) in [6, 6.07) is 36.5. The fourth-order valence-corrected chi connectivity index (χ4v) is 3.27. The van der Waals surface area contributed by atoms with Crippen molar-refractivity contribution in [2.45, 2.75) is 13.1 Å². The van der Waals surface area contributed by atoms with Crippen molar-refractivity contribution in [2.24, 2.45) is 10.2 Å². The van der Waals surface area contributed by atoms with E-state index in [0.717, 1.165) is 24.5 Å². The van der Waals surface area contributed by atoms with Crippen molar-refractivity contribution in [3.05, 3.63) is 120 Å². The maximum absolute atomic E-state index is 6.19. The zero-order chi connectivity index (χ0) is 20.6. The van der Waals surface area contributed by atoms with Gasteiger partial charge in [-0.05, 0) is 41.5 Å². The van der Waals surface area contributed by atoms with Crippen LogP contribution in [0.3, 0.4) is 0 Å². The predicted molar refractivity (Wildman–Crippen MR) is 124 cm³/mol. The first-order chi connectivity index (χ1) is 14.8. The van der Waals surface area contributed by atoms with E-state index in [9.17, 15) is 0 Å². The Labute approximate surface area is 177 Å². The summed E-state index contributed by atoms with van der Waals surface area (Å²) in [6.45, 7) is 1.57. The Hall–Kier alpha value is -3.92. The van der Waals surface area contributed by atoms with E-state index in [1.165, 1.54) is 11.1 Å². The molecule has 148 valence electrons. The second kappa shape index (κ2) is 9.52. The molecule has 0 unspecified atom stereocenters. The van der Waals surface area contributed by atoms with Crippen molar-refractivity contribution in [3.8, 4) is 0 Å². The van der Waals surface area contributed by atoms with Crippen LogP contribution in [0.1, 0.15) is 11.1 Å². The van der Waals surface area contributed by atoms with E-state index in [1.807, 2.05) is 60.7 Å². The minimum Gasteiger partial charge on any atom is -0.397 e. The molecule has 4 nitrogen and oxygen atoms in total. The van der Waals surface area contributed by atoms with Crippen LogP contribution in [-0.2, 0) is 13.1 Å². The molecule has 30 heavy (non-hydrogen) atoms. The molecule has 4 aromatic rings. The first-order valence-electron chi connectivity index (χ1n) is 9.97. The maximum atomic E-state index is 6.19. The Bertz CT molecular complexity index is 1050. The van der Waals surface area contributed by atoms with Crippen LogP contribution in [0.25, 0.3) is 0 Å². The van der Waals surface area contributed by atoms with Crippen LogP contribution in [0.4, 0.5) is 22.7 Å². The Kier molecular flexibility index (Phi) is 6.16. The van der Waals surface area contributed by atoms with E-state index in [-0.39, 0.29) is 0 Å². The quantitative estimate of drug-likeness (QED) is 0.275. The Morgan fingerprint density at radius 2 is 1.13 bits per heavy atom. The van der Waals surface area contributed by atoms with Gasteiger partial charge in [0.05, 0.1) is 11.4 Å². The van der Waals surface area contributed by atoms with Gasteiger partial charge >= 0.3 is 0 Å². The Morgan fingerprint density at radius 3 is 1.70 bits per heavy atom. The molecule has 0 saturated carbocycles. The van der Waals surface area contributed by atoms with E-state index < -0.39 is 0 Å². The number of anilines is 2. The van der Waals surface area contributed by atoms with Crippen LogP contribution in [0, 0.1) is 0 Å². The summed E-state index contributed by atoms with van der Waals surface area (Å²) >= 11 is 0. The first-order valence-corrected chi connectivity index (χ1v) is 9.97. The molecule has 4 heteroatoms. The largest absolute Gasteiger partial charge is 0.397 e. The number of hydrogen-bond acceptors (Lipinski definition) is 4. The number of benzene rings is 4. The van der Waals surface area contributed by atoms with E-state index >= 15 is 0 Å². The van der Waals surface area contributed by atoms with E-state index in [4.69, 9.17) is 5.73 Å². The summed E-state index contributed by atoms with van der Waals surface area (Å²) in [4.78, 5) is 2.33. The van der Waals surface area contributed by atoms with Gasteiger partial charge in [-0.25, -0.2) is 0 Å². The van der Waals surface area contributed by atoms with Gasteiger partial charge < -0.3 is 10.6 Å². The van der Waals surface area contributed by atoms with Crippen molar-refractivity contribution in [3.63, 3.8) is 0 Å². The topological polar surface area (TPSA) is 54.0 Å². The van der Waals surface area contributed by atoms with Crippen LogP contribution in [0.2, 0.25) is 0 Å². The van der Waals surface area contributed by atoms with Gasteiger partial charge in [0.2, 0.25) is 0 Å². The fraction of sp³-hybridized carbons (Fsp3) is 0.0769. The van der Waals surface area contributed by atoms with Gasteiger partial charge in [0, 0.05) is 18.8 Å². The third-order valence-corrected chi connectivity index (χ3v) is 4.84. The van der Waals surface area contributed by atoms with E-state index in [0.29, 0.717) is 11.4 Å². The summed E-state index contributed by atoms with van der Waals surface area (Å²) in [5, 5.41) is 8.74. The van der Waals surface area contributed by atoms with Gasteiger partial charge in [0.25, 0.3) is 0 Å². The van der Waals surface area contributed by atoms with Crippen LogP contribution in [0.15, 0.2) is 119 Å². The standard InChI is InChI=1S/C26H24N4/c27-25-17-16-24(18-26(25)29-28-23-14-8-3-9-15-23)30(19-21-10-4-1-5-11-21)20-22-12-6-2-7-13-22/h1-18H,19-20,27H2. The molecule has 0 fully saturated rings. The number of nitrogen functional groups attached to an aromatic ring is 1. The third kappa shape index (κ3) is 5.11. The van der Waals surface area contributed by atoms with Crippen molar-refractivity contribution < 1.29 is 0 Å². The molecule has 0 aliphatic carbocycles. The van der Waals surface area contributed by atoms with Gasteiger partial charge in [0.15, 0.2) is 0 Å². The normalized spacial score (nSPS) is 10.9. The van der Waals surface area contributed by atoms with Gasteiger partial charge in [-0.2, -0.15) is 5.11 Å². The molecular weight excluding hydrogens is 368 g/mol. The molecule has 0 spiro atoms. The smallest absolute Gasteiger partial charge is 0.111 e. The molecule has 0 radical (unpaired) electrons. The summed E-state index contributed by atoms with van der Waals surface area (Å²) in [7, 11) is 0. The highest BCUT2D eigenvalue weighted by atomic mass is 15.1. The zero-order valence-electron chi connectivity index (χ0n) is 16.7. The van der Waals surface area contributed by atoms with Gasteiger partial charge in [-0.1, -0.05) is 78.9 Å². The lowest BCUT2D eigenvalue weighted by atomic mass is 10.1. The van der Waals surface area contributed by atoms with E-state index in [1.54, 1.807) is 0 Å². The molecule has 0 atom stereocenters. The molecule has 0 aliphatic heterocycles. The average Bonchev–Trinajstić information content (AvgIpc) is 2.80. The number of azo groups is 1. The molecule has 2 N–H and O–H groups in total. The highest BCUT2D eigenvalue weighted by Crippen LogP contribution is 2.31. The van der Waals surface area contributed by atoms with Gasteiger partial charge in [0.1, 0.15) is 5.69 Å².